The van der Waals surface area contributed by atoms with Gasteiger partial charge in [0.1, 0.15) is 22.8 Å². The summed E-state index contributed by atoms with van der Waals surface area (Å²) >= 11 is 1.70. The highest BCUT2D eigenvalue weighted by atomic mass is 32.1. The van der Waals surface area contributed by atoms with E-state index >= 15 is 0 Å². The Labute approximate surface area is 165 Å². The van der Waals surface area contributed by atoms with E-state index in [1.165, 1.54) is 4.88 Å². The van der Waals surface area contributed by atoms with Gasteiger partial charge in [-0.15, -0.1) is 11.3 Å². The molecule has 4 aromatic rings. The van der Waals surface area contributed by atoms with Crippen molar-refractivity contribution in [3.05, 3.63) is 57.7 Å². The molecule has 3 aromatic heterocycles. The van der Waals surface area contributed by atoms with E-state index in [4.69, 9.17) is 0 Å². The SMILES string of the molecule is Cc1cc2c(N3CCN(Cc4nc5ccccc5c(=O)[nH]4)CC3)ncnc2s1. The fourth-order valence-corrected chi connectivity index (χ4v) is 4.60. The van der Waals surface area contributed by atoms with Crippen LogP contribution in [0.15, 0.2) is 41.5 Å². The number of hydrogen-bond acceptors (Lipinski definition) is 7. The fourth-order valence-electron chi connectivity index (χ4n) is 3.75. The molecule has 5 rings (SSSR count). The van der Waals surface area contributed by atoms with Crippen LogP contribution in [0.2, 0.25) is 0 Å². The molecule has 0 bridgehead atoms. The summed E-state index contributed by atoms with van der Waals surface area (Å²) in [6.45, 7) is 6.31. The van der Waals surface area contributed by atoms with Crippen molar-refractivity contribution in [1.82, 2.24) is 24.8 Å². The van der Waals surface area contributed by atoms with Gasteiger partial charge in [0.05, 0.1) is 22.8 Å². The fraction of sp³-hybridized carbons (Fsp3) is 0.300. The second-order valence-electron chi connectivity index (χ2n) is 7.07. The van der Waals surface area contributed by atoms with E-state index in [-0.39, 0.29) is 5.56 Å². The number of H-pyrrole nitrogens is 1. The van der Waals surface area contributed by atoms with Gasteiger partial charge in [0.25, 0.3) is 5.56 Å². The first-order chi connectivity index (χ1) is 13.7. The molecule has 1 N–H and O–H groups in total. The second-order valence-corrected chi connectivity index (χ2v) is 8.30. The average molecular weight is 392 g/mol. The lowest BCUT2D eigenvalue weighted by molar-refractivity contribution is 0.244. The monoisotopic (exact) mass is 392 g/mol. The number of aromatic amines is 1. The predicted octanol–water partition coefficient (Wildman–Crippen LogP) is 2.56. The van der Waals surface area contributed by atoms with Gasteiger partial charge in [0, 0.05) is 31.1 Å². The van der Waals surface area contributed by atoms with Gasteiger partial charge in [-0.2, -0.15) is 0 Å². The molecule has 1 saturated heterocycles. The molecule has 1 fully saturated rings. The van der Waals surface area contributed by atoms with Crippen molar-refractivity contribution in [3.8, 4) is 0 Å². The Kier molecular flexibility index (Phi) is 4.29. The van der Waals surface area contributed by atoms with E-state index in [0.29, 0.717) is 11.9 Å². The highest BCUT2D eigenvalue weighted by Crippen LogP contribution is 2.30. The molecule has 8 heteroatoms. The predicted molar refractivity (Wildman–Crippen MR) is 112 cm³/mol. The summed E-state index contributed by atoms with van der Waals surface area (Å²) in [6.07, 6.45) is 1.66. The van der Waals surface area contributed by atoms with Gasteiger partial charge in [-0.05, 0) is 25.1 Å². The Hall–Kier alpha value is -2.84. The second kappa shape index (κ2) is 6.96. The lowest BCUT2D eigenvalue weighted by atomic mass is 10.2. The van der Waals surface area contributed by atoms with Crippen LogP contribution >= 0.6 is 11.3 Å². The number of rotatable bonds is 3. The average Bonchev–Trinajstić information content (AvgIpc) is 3.09. The third kappa shape index (κ3) is 3.14. The number of thiophene rings is 1. The number of nitrogens with one attached hydrogen (secondary N) is 1. The Balaban J connectivity index is 1.31. The maximum atomic E-state index is 12.3. The molecule has 4 heterocycles. The molecular weight excluding hydrogens is 372 g/mol. The highest BCUT2D eigenvalue weighted by Gasteiger charge is 2.21. The molecular formula is C20H20N6OS. The summed E-state index contributed by atoms with van der Waals surface area (Å²) in [5, 5.41) is 1.77. The van der Waals surface area contributed by atoms with Gasteiger partial charge in [-0.3, -0.25) is 9.69 Å². The van der Waals surface area contributed by atoms with Crippen LogP contribution in [-0.2, 0) is 6.54 Å². The van der Waals surface area contributed by atoms with Crippen molar-refractivity contribution < 1.29 is 0 Å². The Morgan fingerprint density at radius 1 is 1.11 bits per heavy atom. The standard InChI is InChI=1S/C20H20N6OS/c1-13-10-15-18(21-12-22-20(15)28-13)26-8-6-25(7-9-26)11-17-23-16-5-3-2-4-14(16)19(27)24-17/h2-5,10,12H,6-9,11H2,1H3,(H,23,24,27). The molecule has 0 amide bonds. The van der Waals surface area contributed by atoms with E-state index in [0.717, 1.165) is 53.6 Å². The van der Waals surface area contributed by atoms with E-state index in [2.05, 4.69) is 42.7 Å². The van der Waals surface area contributed by atoms with Crippen molar-refractivity contribution in [1.29, 1.82) is 0 Å². The van der Waals surface area contributed by atoms with Crippen molar-refractivity contribution >= 4 is 38.3 Å². The summed E-state index contributed by atoms with van der Waals surface area (Å²) in [4.78, 5) is 35.7. The summed E-state index contributed by atoms with van der Waals surface area (Å²) in [7, 11) is 0. The number of fused-ring (bicyclic) bond motifs is 2. The number of hydrogen-bond donors (Lipinski definition) is 1. The summed E-state index contributed by atoms with van der Waals surface area (Å²) in [5.41, 5.74) is 0.673. The molecule has 0 saturated carbocycles. The maximum Gasteiger partial charge on any atom is 0.258 e. The molecule has 0 atom stereocenters. The zero-order valence-electron chi connectivity index (χ0n) is 15.6. The normalized spacial score (nSPS) is 15.5. The van der Waals surface area contributed by atoms with Crippen LogP contribution in [0.3, 0.4) is 0 Å². The Morgan fingerprint density at radius 3 is 2.79 bits per heavy atom. The number of anilines is 1. The number of aryl methyl sites for hydroxylation is 1. The molecule has 1 aromatic carbocycles. The molecule has 0 unspecified atom stereocenters. The van der Waals surface area contributed by atoms with E-state index in [9.17, 15) is 4.79 Å². The molecule has 28 heavy (non-hydrogen) atoms. The number of piperazine rings is 1. The van der Waals surface area contributed by atoms with E-state index in [1.807, 2.05) is 18.2 Å². The minimum Gasteiger partial charge on any atom is -0.353 e. The van der Waals surface area contributed by atoms with Gasteiger partial charge in [0.2, 0.25) is 0 Å². The van der Waals surface area contributed by atoms with Crippen LogP contribution in [0.1, 0.15) is 10.7 Å². The first-order valence-electron chi connectivity index (χ1n) is 9.34. The van der Waals surface area contributed by atoms with E-state index in [1.54, 1.807) is 23.7 Å². The van der Waals surface area contributed by atoms with Crippen molar-refractivity contribution in [2.45, 2.75) is 13.5 Å². The molecule has 1 aliphatic heterocycles. The zero-order chi connectivity index (χ0) is 19.1. The molecule has 7 nitrogen and oxygen atoms in total. The van der Waals surface area contributed by atoms with Crippen LogP contribution < -0.4 is 10.5 Å². The molecule has 0 aliphatic carbocycles. The van der Waals surface area contributed by atoms with Crippen molar-refractivity contribution in [2.75, 3.05) is 31.1 Å². The number of nitrogens with zero attached hydrogens (tertiary/aromatic N) is 5. The van der Waals surface area contributed by atoms with Crippen LogP contribution in [-0.4, -0.2) is 51.0 Å². The Morgan fingerprint density at radius 2 is 1.93 bits per heavy atom. The largest absolute Gasteiger partial charge is 0.353 e. The van der Waals surface area contributed by atoms with Gasteiger partial charge in [0.15, 0.2) is 0 Å². The van der Waals surface area contributed by atoms with Crippen LogP contribution in [0.5, 0.6) is 0 Å². The highest BCUT2D eigenvalue weighted by molar-refractivity contribution is 7.18. The van der Waals surface area contributed by atoms with Crippen LogP contribution in [0.4, 0.5) is 5.82 Å². The quantitative estimate of drug-likeness (QED) is 0.577. The van der Waals surface area contributed by atoms with Crippen molar-refractivity contribution in [3.63, 3.8) is 0 Å². The topological polar surface area (TPSA) is 78.0 Å². The minimum atomic E-state index is -0.0737. The number of benzene rings is 1. The maximum absolute atomic E-state index is 12.3. The third-order valence-electron chi connectivity index (χ3n) is 5.14. The van der Waals surface area contributed by atoms with Gasteiger partial charge in [-0.1, -0.05) is 12.1 Å². The summed E-state index contributed by atoms with van der Waals surface area (Å²) < 4.78 is 0. The summed E-state index contributed by atoms with van der Waals surface area (Å²) in [6, 6.07) is 9.63. The molecule has 0 radical (unpaired) electrons. The Bertz CT molecular complexity index is 1210. The van der Waals surface area contributed by atoms with Crippen LogP contribution in [0.25, 0.3) is 21.1 Å². The molecule has 142 valence electrons. The zero-order valence-corrected chi connectivity index (χ0v) is 16.4. The van der Waals surface area contributed by atoms with Crippen LogP contribution in [0, 0.1) is 6.92 Å². The third-order valence-corrected chi connectivity index (χ3v) is 6.10. The smallest absolute Gasteiger partial charge is 0.258 e. The van der Waals surface area contributed by atoms with Crippen molar-refractivity contribution in [2.24, 2.45) is 0 Å². The minimum absolute atomic E-state index is 0.0737. The number of aromatic nitrogens is 4. The van der Waals surface area contributed by atoms with Gasteiger partial charge < -0.3 is 9.88 Å². The first kappa shape index (κ1) is 17.3. The number of para-hydroxylation sites is 1. The van der Waals surface area contributed by atoms with Gasteiger partial charge in [-0.25, -0.2) is 15.0 Å². The molecule has 1 aliphatic rings. The van der Waals surface area contributed by atoms with Gasteiger partial charge >= 0.3 is 0 Å². The first-order valence-corrected chi connectivity index (χ1v) is 10.2. The summed E-state index contributed by atoms with van der Waals surface area (Å²) in [5.74, 6) is 1.74. The molecule has 0 spiro atoms. The van der Waals surface area contributed by atoms with E-state index < -0.39 is 0 Å². The lowest BCUT2D eigenvalue weighted by Gasteiger charge is -2.35. The lowest BCUT2D eigenvalue weighted by Crippen LogP contribution is -2.46.